The molecule has 0 saturated carbocycles. The fourth-order valence-electron chi connectivity index (χ4n) is 1.96. The van der Waals surface area contributed by atoms with E-state index in [1.54, 1.807) is 18.3 Å². The van der Waals surface area contributed by atoms with Crippen LogP contribution in [0.4, 0.5) is 11.4 Å². The number of benzene rings is 1. The zero-order valence-corrected chi connectivity index (χ0v) is 11.8. The number of hydrogen-bond donors (Lipinski definition) is 2. The Morgan fingerprint density at radius 3 is 2.95 bits per heavy atom. The van der Waals surface area contributed by atoms with E-state index >= 15 is 0 Å². The lowest BCUT2D eigenvalue weighted by Crippen LogP contribution is -2.06. The fraction of sp³-hybridized carbons (Fsp3) is 0.308. The molecule has 2 aromatic rings. The van der Waals surface area contributed by atoms with Crippen LogP contribution in [0.2, 0.25) is 5.02 Å². The van der Waals surface area contributed by atoms with E-state index in [0.717, 1.165) is 24.1 Å². The van der Waals surface area contributed by atoms with Gasteiger partial charge in [0, 0.05) is 18.3 Å². The number of aromatic nitrogens is 2. The Balaban J connectivity index is 1.94. The van der Waals surface area contributed by atoms with Gasteiger partial charge in [0.25, 0.3) is 5.69 Å². The second-order valence-corrected chi connectivity index (χ2v) is 4.85. The van der Waals surface area contributed by atoms with Crippen molar-refractivity contribution in [3.63, 3.8) is 0 Å². The Labute approximate surface area is 121 Å². The van der Waals surface area contributed by atoms with E-state index in [-0.39, 0.29) is 5.69 Å². The molecule has 1 heterocycles. The summed E-state index contributed by atoms with van der Waals surface area (Å²) in [6.45, 7) is 2.57. The van der Waals surface area contributed by atoms with Gasteiger partial charge in [-0.2, -0.15) is 5.10 Å². The molecule has 7 heteroatoms. The van der Waals surface area contributed by atoms with Crippen molar-refractivity contribution in [1.82, 2.24) is 10.2 Å². The molecule has 0 amide bonds. The van der Waals surface area contributed by atoms with E-state index in [9.17, 15) is 10.1 Å². The number of halogens is 1. The van der Waals surface area contributed by atoms with Crippen LogP contribution in [-0.4, -0.2) is 21.7 Å². The molecular formula is C13H15ClN4O2. The molecule has 0 aliphatic heterocycles. The molecule has 0 spiro atoms. The quantitative estimate of drug-likeness (QED) is 0.486. The van der Waals surface area contributed by atoms with Crippen molar-refractivity contribution in [2.45, 2.75) is 19.8 Å². The summed E-state index contributed by atoms with van der Waals surface area (Å²) in [7, 11) is 0. The Bertz CT molecular complexity index is 612. The number of hydrogen-bond acceptors (Lipinski definition) is 4. The van der Waals surface area contributed by atoms with Crippen LogP contribution in [0.1, 0.15) is 17.7 Å². The van der Waals surface area contributed by atoms with Crippen molar-refractivity contribution in [3.05, 3.63) is 50.8 Å². The summed E-state index contributed by atoms with van der Waals surface area (Å²) in [5.41, 5.74) is 2.58. The molecule has 0 atom stereocenters. The first-order chi connectivity index (χ1) is 9.59. The van der Waals surface area contributed by atoms with Gasteiger partial charge in [-0.05, 0) is 31.4 Å². The number of nitrogens with one attached hydrogen (secondary N) is 2. The van der Waals surface area contributed by atoms with Gasteiger partial charge in [0.1, 0.15) is 5.69 Å². The van der Waals surface area contributed by atoms with E-state index in [4.69, 9.17) is 11.6 Å². The summed E-state index contributed by atoms with van der Waals surface area (Å²) >= 11 is 6.00. The van der Waals surface area contributed by atoms with Crippen LogP contribution in [0.15, 0.2) is 24.4 Å². The molecule has 0 aliphatic carbocycles. The van der Waals surface area contributed by atoms with Crippen molar-refractivity contribution in [1.29, 1.82) is 0 Å². The highest BCUT2D eigenvalue weighted by Crippen LogP contribution is 2.31. The Morgan fingerprint density at radius 1 is 1.50 bits per heavy atom. The number of aryl methyl sites for hydroxylation is 2. The lowest BCUT2D eigenvalue weighted by atomic mass is 10.1. The second kappa shape index (κ2) is 6.38. The first-order valence-electron chi connectivity index (χ1n) is 6.25. The predicted octanol–water partition coefficient (Wildman–Crippen LogP) is 3.32. The van der Waals surface area contributed by atoms with Crippen molar-refractivity contribution in [2.24, 2.45) is 0 Å². The molecule has 1 aromatic heterocycles. The molecule has 0 saturated heterocycles. The molecule has 0 bridgehead atoms. The van der Waals surface area contributed by atoms with Crippen LogP contribution in [-0.2, 0) is 6.42 Å². The summed E-state index contributed by atoms with van der Waals surface area (Å²) in [5.74, 6) is 0. The fourth-order valence-corrected chi connectivity index (χ4v) is 2.20. The average molecular weight is 295 g/mol. The third-order valence-electron chi connectivity index (χ3n) is 3.05. The maximum absolute atomic E-state index is 10.9. The zero-order chi connectivity index (χ0) is 14.5. The number of rotatable bonds is 6. The molecule has 2 rings (SSSR count). The van der Waals surface area contributed by atoms with Gasteiger partial charge in [-0.25, -0.2) is 0 Å². The van der Waals surface area contributed by atoms with E-state index in [0.29, 0.717) is 17.3 Å². The van der Waals surface area contributed by atoms with Gasteiger partial charge in [-0.3, -0.25) is 15.2 Å². The van der Waals surface area contributed by atoms with E-state index in [2.05, 4.69) is 15.5 Å². The van der Waals surface area contributed by atoms with Gasteiger partial charge >= 0.3 is 0 Å². The average Bonchev–Trinajstić information content (AvgIpc) is 2.81. The van der Waals surface area contributed by atoms with Crippen LogP contribution in [0, 0.1) is 17.0 Å². The lowest BCUT2D eigenvalue weighted by molar-refractivity contribution is -0.383. The monoisotopic (exact) mass is 294 g/mol. The predicted molar refractivity (Wildman–Crippen MR) is 78.2 cm³/mol. The third-order valence-corrected chi connectivity index (χ3v) is 3.36. The van der Waals surface area contributed by atoms with Crippen LogP contribution in [0.25, 0.3) is 0 Å². The van der Waals surface area contributed by atoms with Crippen LogP contribution >= 0.6 is 11.6 Å². The number of anilines is 1. The molecular weight excluding hydrogens is 280 g/mol. The number of nitro groups is 1. The molecule has 1 aromatic carbocycles. The number of nitrogens with zero attached hydrogens (tertiary/aromatic N) is 2. The molecule has 2 N–H and O–H groups in total. The largest absolute Gasteiger partial charge is 0.378 e. The van der Waals surface area contributed by atoms with Gasteiger partial charge in [-0.15, -0.1) is 0 Å². The first kappa shape index (κ1) is 14.3. The Kier molecular flexibility index (Phi) is 4.57. The third kappa shape index (κ3) is 3.27. The maximum atomic E-state index is 10.9. The lowest BCUT2D eigenvalue weighted by Gasteiger charge is -2.08. The highest BCUT2D eigenvalue weighted by atomic mass is 35.5. The summed E-state index contributed by atoms with van der Waals surface area (Å²) < 4.78 is 0. The topological polar surface area (TPSA) is 83.8 Å². The number of nitro benzene ring substituents is 1. The van der Waals surface area contributed by atoms with E-state index < -0.39 is 4.92 Å². The van der Waals surface area contributed by atoms with Crippen LogP contribution < -0.4 is 5.32 Å². The Morgan fingerprint density at radius 2 is 2.30 bits per heavy atom. The first-order valence-corrected chi connectivity index (χ1v) is 6.63. The van der Waals surface area contributed by atoms with Crippen molar-refractivity contribution < 1.29 is 4.92 Å². The molecule has 0 radical (unpaired) electrons. The maximum Gasteiger partial charge on any atom is 0.293 e. The molecule has 20 heavy (non-hydrogen) atoms. The Hall–Kier alpha value is -2.08. The minimum Gasteiger partial charge on any atom is -0.378 e. The molecule has 6 nitrogen and oxygen atoms in total. The minimum absolute atomic E-state index is 0.00279. The van der Waals surface area contributed by atoms with Gasteiger partial charge in [0.05, 0.1) is 16.1 Å². The SMILES string of the molecule is Cc1[nH]ncc1CCCNc1c(Cl)cccc1[N+](=O)[O-]. The minimum atomic E-state index is -0.436. The van der Waals surface area contributed by atoms with Crippen molar-refractivity contribution in [3.8, 4) is 0 Å². The van der Waals surface area contributed by atoms with Crippen molar-refractivity contribution >= 4 is 23.0 Å². The van der Waals surface area contributed by atoms with Gasteiger partial charge in [0.2, 0.25) is 0 Å². The molecule has 0 aliphatic rings. The van der Waals surface area contributed by atoms with E-state index in [1.165, 1.54) is 6.07 Å². The smallest absolute Gasteiger partial charge is 0.293 e. The van der Waals surface area contributed by atoms with Gasteiger partial charge in [0.15, 0.2) is 0 Å². The normalized spacial score (nSPS) is 10.5. The van der Waals surface area contributed by atoms with Crippen LogP contribution in [0.3, 0.4) is 0 Å². The van der Waals surface area contributed by atoms with Crippen molar-refractivity contribution in [2.75, 3.05) is 11.9 Å². The summed E-state index contributed by atoms with van der Waals surface area (Å²) in [5, 5.41) is 21.2. The number of H-pyrrole nitrogens is 1. The second-order valence-electron chi connectivity index (χ2n) is 4.44. The number of aromatic amines is 1. The highest BCUT2D eigenvalue weighted by Gasteiger charge is 2.15. The zero-order valence-electron chi connectivity index (χ0n) is 11.0. The summed E-state index contributed by atoms with van der Waals surface area (Å²) in [6.07, 6.45) is 3.49. The van der Waals surface area contributed by atoms with Gasteiger partial charge < -0.3 is 5.32 Å². The van der Waals surface area contributed by atoms with Gasteiger partial charge in [-0.1, -0.05) is 17.7 Å². The summed E-state index contributed by atoms with van der Waals surface area (Å²) in [6, 6.07) is 4.64. The molecule has 0 fully saturated rings. The highest BCUT2D eigenvalue weighted by molar-refractivity contribution is 6.33. The standard InChI is InChI=1S/C13H15ClN4O2/c1-9-10(8-16-17-9)4-3-7-15-13-11(14)5-2-6-12(13)18(19)20/h2,5-6,8,15H,3-4,7H2,1H3,(H,16,17). The number of para-hydroxylation sites is 1. The van der Waals surface area contributed by atoms with Crippen LogP contribution in [0.5, 0.6) is 0 Å². The van der Waals surface area contributed by atoms with E-state index in [1.807, 2.05) is 6.92 Å². The molecule has 0 unspecified atom stereocenters. The molecule has 106 valence electrons. The summed E-state index contributed by atoms with van der Waals surface area (Å²) in [4.78, 5) is 10.5.